The molecule has 0 aliphatic carbocycles. The molecule has 1 fully saturated rings. The smallest absolute Gasteiger partial charge is 0.242 e. The highest BCUT2D eigenvalue weighted by Crippen LogP contribution is 2.24. The van der Waals surface area contributed by atoms with Crippen LogP contribution in [-0.2, 0) is 4.79 Å². The van der Waals surface area contributed by atoms with E-state index in [9.17, 15) is 4.79 Å². The summed E-state index contributed by atoms with van der Waals surface area (Å²) in [4.78, 5) is 12.3. The van der Waals surface area contributed by atoms with Gasteiger partial charge < -0.3 is 5.32 Å². The van der Waals surface area contributed by atoms with Gasteiger partial charge in [-0.15, -0.1) is 0 Å². The predicted molar refractivity (Wildman–Crippen MR) is 91.6 cm³/mol. The number of nitrogens with one attached hydrogen (secondary N) is 3. The molecule has 1 amide bonds. The molecule has 3 rings (SSSR count). The number of benzene rings is 2. The topological polar surface area (TPSA) is 53.2 Å². The van der Waals surface area contributed by atoms with E-state index in [0.717, 1.165) is 15.7 Å². The summed E-state index contributed by atoms with van der Waals surface area (Å²) in [7, 11) is 0. The Hall–Kier alpha value is -1.40. The van der Waals surface area contributed by atoms with E-state index in [1.807, 2.05) is 48.5 Å². The van der Waals surface area contributed by atoms with Crippen molar-refractivity contribution in [3.63, 3.8) is 0 Å². The number of anilines is 1. The van der Waals surface area contributed by atoms with Crippen LogP contribution in [-0.4, -0.2) is 11.9 Å². The van der Waals surface area contributed by atoms with Gasteiger partial charge in [-0.3, -0.25) is 4.79 Å². The standard InChI is InChI=1S/C16H15BrClN3O/c17-11-2-1-3-13(8-11)19-16(22)15-9-14(20-21-15)10-4-6-12(18)7-5-10/h1-8,14-15,20-21H,9H2,(H,19,22). The molecule has 0 radical (unpaired) electrons. The fraction of sp³-hybridized carbons (Fsp3) is 0.188. The van der Waals surface area contributed by atoms with Gasteiger partial charge in [0.15, 0.2) is 0 Å². The number of hydrogen-bond acceptors (Lipinski definition) is 3. The molecule has 1 aliphatic heterocycles. The summed E-state index contributed by atoms with van der Waals surface area (Å²) in [5.74, 6) is -0.0536. The normalized spacial score (nSPS) is 20.8. The maximum absolute atomic E-state index is 12.3. The molecule has 114 valence electrons. The lowest BCUT2D eigenvalue weighted by atomic mass is 10.0. The van der Waals surface area contributed by atoms with Crippen molar-refractivity contribution >= 4 is 39.1 Å². The average molecular weight is 381 g/mol. The summed E-state index contributed by atoms with van der Waals surface area (Å²) < 4.78 is 0.932. The van der Waals surface area contributed by atoms with Crippen LogP contribution in [0.4, 0.5) is 5.69 Å². The maximum atomic E-state index is 12.3. The van der Waals surface area contributed by atoms with Gasteiger partial charge in [-0.05, 0) is 42.3 Å². The Bertz CT molecular complexity index is 677. The zero-order valence-corrected chi connectivity index (χ0v) is 14.0. The van der Waals surface area contributed by atoms with E-state index in [2.05, 4.69) is 32.1 Å². The minimum atomic E-state index is -0.278. The summed E-state index contributed by atoms with van der Waals surface area (Å²) in [6.45, 7) is 0. The highest BCUT2D eigenvalue weighted by molar-refractivity contribution is 9.10. The van der Waals surface area contributed by atoms with Gasteiger partial charge in [0.1, 0.15) is 6.04 Å². The summed E-state index contributed by atoms with van der Waals surface area (Å²) in [6.07, 6.45) is 0.682. The van der Waals surface area contributed by atoms with Crippen molar-refractivity contribution in [2.24, 2.45) is 0 Å². The average Bonchev–Trinajstić information content (AvgIpc) is 2.98. The molecule has 0 spiro atoms. The molecule has 6 heteroatoms. The first kappa shape index (κ1) is 15.5. The first-order valence-corrected chi connectivity index (χ1v) is 8.12. The van der Waals surface area contributed by atoms with Crippen LogP contribution in [0.1, 0.15) is 18.0 Å². The van der Waals surface area contributed by atoms with Gasteiger partial charge in [0.2, 0.25) is 5.91 Å². The van der Waals surface area contributed by atoms with Gasteiger partial charge in [-0.1, -0.05) is 45.7 Å². The Morgan fingerprint density at radius 1 is 1.18 bits per heavy atom. The molecule has 2 aromatic carbocycles. The molecular weight excluding hydrogens is 366 g/mol. The number of carbonyl (C=O) groups is 1. The van der Waals surface area contributed by atoms with Crippen LogP contribution < -0.4 is 16.2 Å². The molecule has 22 heavy (non-hydrogen) atoms. The molecule has 2 unspecified atom stereocenters. The molecule has 2 aromatic rings. The van der Waals surface area contributed by atoms with E-state index >= 15 is 0 Å². The Morgan fingerprint density at radius 2 is 1.95 bits per heavy atom. The molecule has 1 heterocycles. The third-order valence-electron chi connectivity index (χ3n) is 3.58. The second-order valence-electron chi connectivity index (χ2n) is 5.18. The highest BCUT2D eigenvalue weighted by Gasteiger charge is 2.30. The number of amides is 1. The molecule has 1 saturated heterocycles. The van der Waals surface area contributed by atoms with Crippen LogP contribution >= 0.6 is 27.5 Å². The zero-order chi connectivity index (χ0) is 15.5. The van der Waals surface area contributed by atoms with Crippen molar-refractivity contribution in [1.82, 2.24) is 10.9 Å². The fourth-order valence-corrected chi connectivity index (χ4v) is 2.96. The monoisotopic (exact) mass is 379 g/mol. The van der Waals surface area contributed by atoms with Gasteiger partial charge in [0.05, 0.1) is 0 Å². The van der Waals surface area contributed by atoms with E-state index < -0.39 is 0 Å². The van der Waals surface area contributed by atoms with E-state index in [1.165, 1.54) is 0 Å². The molecular formula is C16H15BrClN3O. The molecule has 0 aromatic heterocycles. The third kappa shape index (κ3) is 3.67. The first-order valence-electron chi connectivity index (χ1n) is 6.95. The number of hydrazine groups is 1. The molecule has 4 nitrogen and oxygen atoms in total. The van der Waals surface area contributed by atoms with Gasteiger partial charge in [-0.2, -0.15) is 0 Å². The largest absolute Gasteiger partial charge is 0.325 e. The quantitative estimate of drug-likeness (QED) is 0.762. The van der Waals surface area contributed by atoms with E-state index in [-0.39, 0.29) is 18.0 Å². The molecule has 1 aliphatic rings. The van der Waals surface area contributed by atoms with Gasteiger partial charge in [0.25, 0.3) is 0 Å². The van der Waals surface area contributed by atoms with Crippen LogP contribution in [0, 0.1) is 0 Å². The minimum Gasteiger partial charge on any atom is -0.325 e. The fourth-order valence-electron chi connectivity index (χ4n) is 2.44. The summed E-state index contributed by atoms with van der Waals surface area (Å²) in [5, 5.41) is 3.62. The Morgan fingerprint density at radius 3 is 2.68 bits per heavy atom. The van der Waals surface area contributed by atoms with Crippen molar-refractivity contribution < 1.29 is 4.79 Å². The summed E-state index contributed by atoms with van der Waals surface area (Å²) in [5.41, 5.74) is 8.09. The van der Waals surface area contributed by atoms with Crippen molar-refractivity contribution in [3.8, 4) is 0 Å². The molecule has 0 saturated carbocycles. The zero-order valence-electron chi connectivity index (χ0n) is 11.6. The minimum absolute atomic E-state index is 0.0536. The van der Waals surface area contributed by atoms with E-state index in [0.29, 0.717) is 11.4 Å². The van der Waals surface area contributed by atoms with Crippen LogP contribution in [0.25, 0.3) is 0 Å². The Labute approximate surface area is 142 Å². The van der Waals surface area contributed by atoms with Gasteiger partial charge >= 0.3 is 0 Å². The lowest BCUT2D eigenvalue weighted by molar-refractivity contribution is -0.117. The van der Waals surface area contributed by atoms with Crippen molar-refractivity contribution in [3.05, 3.63) is 63.6 Å². The summed E-state index contributed by atoms with van der Waals surface area (Å²) in [6, 6.07) is 15.0. The third-order valence-corrected chi connectivity index (χ3v) is 4.33. The number of halogens is 2. The highest BCUT2D eigenvalue weighted by atomic mass is 79.9. The van der Waals surface area contributed by atoms with Crippen molar-refractivity contribution in [2.45, 2.75) is 18.5 Å². The van der Waals surface area contributed by atoms with Crippen LogP contribution in [0.3, 0.4) is 0 Å². The summed E-state index contributed by atoms with van der Waals surface area (Å²) >= 11 is 9.29. The lowest BCUT2D eigenvalue weighted by Crippen LogP contribution is -2.39. The first-order chi connectivity index (χ1) is 10.6. The van der Waals surface area contributed by atoms with Gasteiger partial charge in [-0.25, -0.2) is 10.9 Å². The van der Waals surface area contributed by atoms with Crippen LogP contribution in [0.5, 0.6) is 0 Å². The number of hydrogen-bond donors (Lipinski definition) is 3. The van der Waals surface area contributed by atoms with Crippen LogP contribution in [0.15, 0.2) is 53.0 Å². The SMILES string of the molecule is O=C(Nc1cccc(Br)c1)C1CC(c2ccc(Cl)cc2)NN1. The number of carbonyl (C=O) groups excluding carboxylic acids is 1. The predicted octanol–water partition coefficient (Wildman–Crippen LogP) is 3.65. The van der Waals surface area contributed by atoms with Crippen molar-refractivity contribution in [2.75, 3.05) is 5.32 Å². The van der Waals surface area contributed by atoms with Gasteiger partial charge in [0, 0.05) is 21.2 Å². The second-order valence-corrected chi connectivity index (χ2v) is 6.53. The number of rotatable bonds is 3. The van der Waals surface area contributed by atoms with Crippen molar-refractivity contribution in [1.29, 1.82) is 0 Å². The second kappa shape index (κ2) is 6.79. The Kier molecular flexibility index (Phi) is 4.78. The van der Waals surface area contributed by atoms with Crippen LogP contribution in [0.2, 0.25) is 5.02 Å². The molecule has 0 bridgehead atoms. The van der Waals surface area contributed by atoms with E-state index in [4.69, 9.17) is 11.6 Å². The Balaban J connectivity index is 1.62. The van der Waals surface area contributed by atoms with E-state index in [1.54, 1.807) is 0 Å². The molecule has 2 atom stereocenters. The maximum Gasteiger partial charge on any atom is 0.242 e. The lowest BCUT2D eigenvalue weighted by Gasteiger charge is -2.11. The molecule has 3 N–H and O–H groups in total.